The van der Waals surface area contributed by atoms with Crippen molar-refractivity contribution in [3.05, 3.63) is 0 Å². The Hall–Kier alpha value is -0.810. The molecule has 0 bridgehead atoms. The SMILES string of the molecule is CN=C(NCC1CN(C)CCO1)N1CC2CCCCC2C1. The van der Waals surface area contributed by atoms with Gasteiger partial charge in [-0.2, -0.15) is 0 Å². The van der Waals surface area contributed by atoms with Crippen molar-refractivity contribution < 1.29 is 4.74 Å². The van der Waals surface area contributed by atoms with E-state index < -0.39 is 0 Å². The molecular formula is C16H30N4O. The first-order chi connectivity index (χ1) is 10.3. The van der Waals surface area contributed by atoms with E-state index in [0.29, 0.717) is 0 Å². The Morgan fingerprint density at radius 1 is 1.19 bits per heavy atom. The zero-order valence-electron chi connectivity index (χ0n) is 13.6. The van der Waals surface area contributed by atoms with E-state index >= 15 is 0 Å². The van der Waals surface area contributed by atoms with Gasteiger partial charge in [0.25, 0.3) is 0 Å². The Balaban J connectivity index is 1.49. The maximum Gasteiger partial charge on any atom is 0.193 e. The number of ether oxygens (including phenoxy) is 1. The number of guanidine groups is 1. The number of fused-ring (bicyclic) bond motifs is 1. The molecule has 5 heteroatoms. The quantitative estimate of drug-likeness (QED) is 0.610. The topological polar surface area (TPSA) is 40.1 Å². The first kappa shape index (κ1) is 15.1. The first-order valence-electron chi connectivity index (χ1n) is 8.52. The predicted molar refractivity (Wildman–Crippen MR) is 85.6 cm³/mol. The third kappa shape index (κ3) is 3.69. The Morgan fingerprint density at radius 2 is 1.90 bits per heavy atom. The van der Waals surface area contributed by atoms with Crippen molar-refractivity contribution in [3.8, 4) is 0 Å². The Bertz CT molecular complexity index is 359. The fourth-order valence-corrected chi connectivity index (χ4v) is 4.11. The van der Waals surface area contributed by atoms with Crippen LogP contribution in [-0.2, 0) is 4.74 Å². The molecule has 21 heavy (non-hydrogen) atoms. The minimum Gasteiger partial charge on any atom is -0.374 e. The summed E-state index contributed by atoms with van der Waals surface area (Å²) in [6.07, 6.45) is 5.95. The van der Waals surface area contributed by atoms with Crippen LogP contribution in [0.1, 0.15) is 25.7 Å². The summed E-state index contributed by atoms with van der Waals surface area (Å²) in [6.45, 7) is 6.14. The molecule has 0 amide bonds. The number of aliphatic imine (C=N–C) groups is 1. The van der Waals surface area contributed by atoms with E-state index in [1.807, 2.05) is 7.05 Å². The van der Waals surface area contributed by atoms with Crippen molar-refractivity contribution in [1.82, 2.24) is 15.1 Å². The summed E-state index contributed by atoms with van der Waals surface area (Å²) in [7, 11) is 4.06. The Labute approximate surface area is 128 Å². The molecule has 5 nitrogen and oxygen atoms in total. The molecule has 1 aliphatic carbocycles. The number of rotatable bonds is 2. The number of nitrogens with zero attached hydrogens (tertiary/aromatic N) is 3. The van der Waals surface area contributed by atoms with Crippen LogP contribution in [0.5, 0.6) is 0 Å². The van der Waals surface area contributed by atoms with E-state index in [9.17, 15) is 0 Å². The molecule has 3 aliphatic rings. The zero-order chi connectivity index (χ0) is 14.7. The van der Waals surface area contributed by atoms with Crippen LogP contribution in [0.25, 0.3) is 0 Å². The minimum atomic E-state index is 0.283. The largest absolute Gasteiger partial charge is 0.374 e. The molecule has 2 heterocycles. The van der Waals surface area contributed by atoms with Gasteiger partial charge in [0.15, 0.2) is 5.96 Å². The van der Waals surface area contributed by atoms with Gasteiger partial charge in [-0.1, -0.05) is 12.8 Å². The summed E-state index contributed by atoms with van der Waals surface area (Å²) in [5.74, 6) is 2.87. The standard InChI is InChI=1S/C16H30N4O/c1-17-16(18-9-15-12-19(2)7-8-21-15)20-10-13-5-3-4-6-14(13)11-20/h13-15H,3-12H2,1-2H3,(H,17,18). The zero-order valence-corrected chi connectivity index (χ0v) is 13.6. The summed E-state index contributed by atoms with van der Waals surface area (Å²) in [4.78, 5) is 9.30. The number of hydrogen-bond donors (Lipinski definition) is 1. The second-order valence-corrected chi connectivity index (χ2v) is 6.89. The van der Waals surface area contributed by atoms with Crippen LogP contribution in [0.2, 0.25) is 0 Å². The monoisotopic (exact) mass is 294 g/mol. The van der Waals surface area contributed by atoms with Crippen LogP contribution in [0, 0.1) is 11.8 Å². The Morgan fingerprint density at radius 3 is 2.52 bits per heavy atom. The number of likely N-dealkylation sites (tertiary alicyclic amines) is 1. The number of nitrogens with one attached hydrogen (secondary N) is 1. The lowest BCUT2D eigenvalue weighted by atomic mass is 9.82. The average Bonchev–Trinajstić information content (AvgIpc) is 2.91. The fourth-order valence-electron chi connectivity index (χ4n) is 4.11. The van der Waals surface area contributed by atoms with Crippen LogP contribution in [-0.4, -0.2) is 75.3 Å². The van der Waals surface area contributed by atoms with Gasteiger partial charge in [-0.3, -0.25) is 4.99 Å². The molecule has 120 valence electrons. The number of likely N-dealkylation sites (N-methyl/N-ethyl adjacent to an activating group) is 1. The first-order valence-corrected chi connectivity index (χ1v) is 8.52. The van der Waals surface area contributed by atoms with Gasteiger partial charge in [-0.05, 0) is 31.7 Å². The lowest BCUT2D eigenvalue weighted by Gasteiger charge is -2.31. The van der Waals surface area contributed by atoms with Crippen molar-refractivity contribution in [3.63, 3.8) is 0 Å². The number of morpholine rings is 1. The molecule has 3 fully saturated rings. The van der Waals surface area contributed by atoms with Crippen molar-refractivity contribution in [2.45, 2.75) is 31.8 Å². The van der Waals surface area contributed by atoms with E-state index in [1.54, 1.807) is 0 Å². The molecule has 0 aromatic heterocycles. The molecule has 1 saturated carbocycles. The van der Waals surface area contributed by atoms with Crippen LogP contribution in [0.4, 0.5) is 0 Å². The summed E-state index contributed by atoms with van der Waals surface area (Å²) in [5, 5.41) is 3.54. The van der Waals surface area contributed by atoms with E-state index in [1.165, 1.54) is 38.8 Å². The summed E-state index contributed by atoms with van der Waals surface area (Å²) in [6, 6.07) is 0. The van der Waals surface area contributed by atoms with Crippen LogP contribution in [0.15, 0.2) is 4.99 Å². The molecular weight excluding hydrogens is 264 g/mol. The maximum atomic E-state index is 5.82. The summed E-state index contributed by atoms with van der Waals surface area (Å²) < 4.78 is 5.82. The van der Waals surface area contributed by atoms with E-state index in [2.05, 4.69) is 27.2 Å². The predicted octanol–water partition coefficient (Wildman–Crippen LogP) is 1.01. The molecule has 0 aromatic rings. The molecule has 3 rings (SSSR count). The summed E-state index contributed by atoms with van der Waals surface area (Å²) >= 11 is 0. The van der Waals surface area contributed by atoms with Crippen molar-refractivity contribution in [1.29, 1.82) is 0 Å². The molecule has 0 radical (unpaired) electrons. The van der Waals surface area contributed by atoms with Gasteiger partial charge in [0.05, 0.1) is 12.7 Å². The average molecular weight is 294 g/mol. The van der Waals surface area contributed by atoms with Gasteiger partial charge in [-0.25, -0.2) is 0 Å². The fraction of sp³-hybridized carbons (Fsp3) is 0.938. The summed E-state index contributed by atoms with van der Waals surface area (Å²) in [5.41, 5.74) is 0. The van der Waals surface area contributed by atoms with Crippen LogP contribution < -0.4 is 5.32 Å². The molecule has 3 atom stereocenters. The maximum absolute atomic E-state index is 5.82. The molecule has 0 spiro atoms. The van der Waals surface area contributed by atoms with Gasteiger partial charge < -0.3 is 19.9 Å². The van der Waals surface area contributed by atoms with E-state index in [4.69, 9.17) is 4.74 Å². The second-order valence-electron chi connectivity index (χ2n) is 6.89. The van der Waals surface area contributed by atoms with Crippen molar-refractivity contribution in [2.75, 3.05) is 53.4 Å². The number of hydrogen-bond acceptors (Lipinski definition) is 3. The van der Waals surface area contributed by atoms with Gasteiger partial charge in [0, 0.05) is 39.8 Å². The highest BCUT2D eigenvalue weighted by Crippen LogP contribution is 2.35. The molecule has 2 aliphatic heterocycles. The highest BCUT2D eigenvalue weighted by Gasteiger charge is 2.35. The van der Waals surface area contributed by atoms with Gasteiger partial charge in [0.1, 0.15) is 0 Å². The van der Waals surface area contributed by atoms with E-state index in [0.717, 1.165) is 44.0 Å². The molecule has 0 aromatic carbocycles. The lowest BCUT2D eigenvalue weighted by molar-refractivity contribution is -0.0163. The normalized spacial score (nSPS) is 34.9. The van der Waals surface area contributed by atoms with Crippen molar-refractivity contribution in [2.24, 2.45) is 16.8 Å². The third-order valence-electron chi connectivity index (χ3n) is 5.32. The van der Waals surface area contributed by atoms with Gasteiger partial charge >= 0.3 is 0 Å². The Kier molecular flexibility index (Phi) is 5.01. The smallest absolute Gasteiger partial charge is 0.193 e. The second kappa shape index (κ2) is 6.97. The van der Waals surface area contributed by atoms with Gasteiger partial charge in [0.2, 0.25) is 0 Å². The highest BCUT2D eigenvalue weighted by atomic mass is 16.5. The van der Waals surface area contributed by atoms with E-state index in [-0.39, 0.29) is 6.10 Å². The van der Waals surface area contributed by atoms with Crippen LogP contribution in [0.3, 0.4) is 0 Å². The van der Waals surface area contributed by atoms with Crippen LogP contribution >= 0.6 is 0 Å². The highest BCUT2D eigenvalue weighted by molar-refractivity contribution is 5.80. The lowest BCUT2D eigenvalue weighted by Crippen LogP contribution is -2.49. The minimum absolute atomic E-state index is 0.283. The molecule has 3 unspecified atom stereocenters. The molecule has 2 saturated heterocycles. The van der Waals surface area contributed by atoms with Gasteiger partial charge in [-0.15, -0.1) is 0 Å². The third-order valence-corrected chi connectivity index (χ3v) is 5.32. The van der Waals surface area contributed by atoms with Crippen molar-refractivity contribution >= 4 is 5.96 Å². The molecule has 1 N–H and O–H groups in total.